The maximum absolute atomic E-state index is 11.6. The molecule has 0 aromatic carbocycles. The number of carboxylic acid groups (broad SMARTS) is 1. The third-order valence-electron chi connectivity index (χ3n) is 2.31. The van der Waals surface area contributed by atoms with Crippen LogP contribution in [-0.4, -0.2) is 36.9 Å². The first-order valence-corrected chi connectivity index (χ1v) is 7.19. The van der Waals surface area contributed by atoms with E-state index >= 15 is 0 Å². The molecule has 0 aliphatic carbocycles. The SMILES string of the molecule is COCCC(NC(=O)NCc1sccc1Br)C(=O)O. The van der Waals surface area contributed by atoms with Crippen LogP contribution < -0.4 is 10.6 Å². The molecule has 0 fully saturated rings. The summed E-state index contributed by atoms with van der Waals surface area (Å²) in [4.78, 5) is 23.5. The van der Waals surface area contributed by atoms with E-state index in [4.69, 9.17) is 9.84 Å². The molecule has 0 aliphatic rings. The summed E-state index contributed by atoms with van der Waals surface area (Å²) in [5, 5.41) is 15.8. The molecule has 1 unspecified atom stereocenters. The number of thiophene rings is 1. The maximum atomic E-state index is 11.6. The number of carboxylic acids is 1. The number of carbonyl (C=O) groups is 2. The van der Waals surface area contributed by atoms with Crippen molar-refractivity contribution in [3.63, 3.8) is 0 Å². The molecule has 6 nitrogen and oxygen atoms in total. The highest BCUT2D eigenvalue weighted by atomic mass is 79.9. The molecular weight excluding hydrogens is 336 g/mol. The summed E-state index contributed by atoms with van der Waals surface area (Å²) in [5.41, 5.74) is 0. The first kappa shape index (κ1) is 15.9. The van der Waals surface area contributed by atoms with Crippen molar-refractivity contribution in [1.29, 1.82) is 0 Å². The van der Waals surface area contributed by atoms with Gasteiger partial charge in [0.25, 0.3) is 0 Å². The number of amides is 2. The summed E-state index contributed by atoms with van der Waals surface area (Å²) in [5.74, 6) is -1.08. The van der Waals surface area contributed by atoms with Gasteiger partial charge in [0.1, 0.15) is 6.04 Å². The summed E-state index contributed by atoms with van der Waals surface area (Å²) in [6, 6.07) is 0.425. The Morgan fingerprint density at radius 2 is 2.32 bits per heavy atom. The first-order chi connectivity index (χ1) is 9.04. The zero-order valence-corrected chi connectivity index (χ0v) is 12.7. The Balaban J connectivity index is 2.40. The average molecular weight is 351 g/mol. The van der Waals surface area contributed by atoms with Crippen LogP contribution >= 0.6 is 27.3 Å². The van der Waals surface area contributed by atoms with Crippen molar-refractivity contribution in [2.45, 2.75) is 19.0 Å². The second-order valence-corrected chi connectivity index (χ2v) is 5.55. The van der Waals surface area contributed by atoms with E-state index in [9.17, 15) is 9.59 Å². The van der Waals surface area contributed by atoms with Gasteiger partial charge in [-0.15, -0.1) is 11.3 Å². The Morgan fingerprint density at radius 3 is 2.84 bits per heavy atom. The van der Waals surface area contributed by atoms with Crippen molar-refractivity contribution in [2.24, 2.45) is 0 Å². The topological polar surface area (TPSA) is 87.7 Å². The third kappa shape index (κ3) is 5.58. The van der Waals surface area contributed by atoms with E-state index in [0.717, 1.165) is 9.35 Å². The van der Waals surface area contributed by atoms with Crippen LogP contribution in [0.5, 0.6) is 0 Å². The largest absolute Gasteiger partial charge is 0.480 e. The molecule has 106 valence electrons. The molecule has 1 aromatic heterocycles. The summed E-state index contributed by atoms with van der Waals surface area (Å²) >= 11 is 4.86. The number of rotatable bonds is 7. The molecule has 1 atom stereocenters. The smallest absolute Gasteiger partial charge is 0.326 e. The van der Waals surface area contributed by atoms with E-state index in [-0.39, 0.29) is 13.0 Å². The maximum Gasteiger partial charge on any atom is 0.326 e. The summed E-state index contributed by atoms with van der Waals surface area (Å²) in [7, 11) is 1.48. The number of ether oxygens (including phenoxy) is 1. The van der Waals surface area contributed by atoms with Gasteiger partial charge in [0.05, 0.1) is 6.54 Å². The van der Waals surface area contributed by atoms with Crippen molar-refractivity contribution in [1.82, 2.24) is 10.6 Å². The number of urea groups is 1. The van der Waals surface area contributed by atoms with E-state index in [2.05, 4.69) is 26.6 Å². The highest BCUT2D eigenvalue weighted by Gasteiger charge is 2.19. The van der Waals surface area contributed by atoms with E-state index in [0.29, 0.717) is 6.54 Å². The van der Waals surface area contributed by atoms with Gasteiger partial charge >= 0.3 is 12.0 Å². The van der Waals surface area contributed by atoms with Crippen LogP contribution in [0.15, 0.2) is 15.9 Å². The first-order valence-electron chi connectivity index (χ1n) is 5.52. The molecule has 1 aromatic rings. The second kappa shape index (κ2) is 8.13. The number of aliphatic carboxylic acids is 1. The van der Waals surface area contributed by atoms with Crippen LogP contribution in [0.2, 0.25) is 0 Å². The van der Waals surface area contributed by atoms with Crippen LogP contribution in [0, 0.1) is 0 Å². The highest BCUT2D eigenvalue weighted by Crippen LogP contribution is 2.21. The van der Waals surface area contributed by atoms with Gasteiger partial charge in [-0.05, 0) is 27.4 Å². The third-order valence-corrected chi connectivity index (χ3v) is 4.24. The number of nitrogens with one attached hydrogen (secondary N) is 2. The molecule has 1 heterocycles. The Kier molecular flexibility index (Phi) is 6.82. The molecule has 0 saturated heterocycles. The highest BCUT2D eigenvalue weighted by molar-refractivity contribution is 9.10. The predicted octanol–water partition coefficient (Wildman–Crippen LogP) is 1.80. The molecule has 0 spiro atoms. The van der Waals surface area contributed by atoms with Crippen LogP contribution in [0.1, 0.15) is 11.3 Å². The Labute approximate surface area is 123 Å². The number of carbonyl (C=O) groups excluding carboxylic acids is 1. The van der Waals surface area contributed by atoms with Gasteiger partial charge in [-0.25, -0.2) is 9.59 Å². The number of halogens is 1. The van der Waals surface area contributed by atoms with Gasteiger partial charge in [0.2, 0.25) is 0 Å². The molecule has 19 heavy (non-hydrogen) atoms. The van der Waals surface area contributed by atoms with Crippen molar-refractivity contribution in [3.8, 4) is 0 Å². The van der Waals surface area contributed by atoms with Crippen LogP contribution in [0.3, 0.4) is 0 Å². The lowest BCUT2D eigenvalue weighted by Gasteiger charge is -2.14. The van der Waals surface area contributed by atoms with Crippen LogP contribution in [0.4, 0.5) is 4.79 Å². The summed E-state index contributed by atoms with van der Waals surface area (Å²) in [6.45, 7) is 0.619. The number of hydrogen-bond donors (Lipinski definition) is 3. The molecule has 0 saturated carbocycles. The van der Waals surface area contributed by atoms with Crippen LogP contribution in [0.25, 0.3) is 0 Å². The van der Waals surface area contributed by atoms with E-state index < -0.39 is 18.0 Å². The molecule has 0 aliphatic heterocycles. The van der Waals surface area contributed by atoms with Crippen molar-refractivity contribution >= 4 is 39.3 Å². The molecular formula is C11H15BrN2O4S. The van der Waals surface area contributed by atoms with E-state index in [1.54, 1.807) is 0 Å². The molecule has 8 heteroatoms. The molecule has 3 N–H and O–H groups in total. The minimum Gasteiger partial charge on any atom is -0.480 e. The van der Waals surface area contributed by atoms with Crippen LogP contribution in [-0.2, 0) is 16.1 Å². The van der Waals surface area contributed by atoms with E-state index in [1.807, 2.05) is 11.4 Å². The quantitative estimate of drug-likeness (QED) is 0.699. The number of hydrogen-bond acceptors (Lipinski definition) is 4. The van der Waals surface area contributed by atoms with Gasteiger partial charge in [0.15, 0.2) is 0 Å². The normalized spacial score (nSPS) is 11.9. The zero-order valence-electron chi connectivity index (χ0n) is 10.3. The average Bonchev–Trinajstić information content (AvgIpc) is 2.77. The molecule has 1 rings (SSSR count). The van der Waals surface area contributed by atoms with Gasteiger partial charge < -0.3 is 20.5 Å². The second-order valence-electron chi connectivity index (χ2n) is 3.69. The molecule has 2 amide bonds. The van der Waals surface area contributed by atoms with Crippen molar-refractivity contribution in [3.05, 3.63) is 20.8 Å². The monoisotopic (exact) mass is 350 g/mol. The summed E-state index contributed by atoms with van der Waals surface area (Å²) in [6.07, 6.45) is 0.224. The molecule has 0 bridgehead atoms. The predicted molar refractivity (Wildman–Crippen MR) is 75.3 cm³/mol. The zero-order chi connectivity index (χ0) is 14.3. The Morgan fingerprint density at radius 1 is 1.58 bits per heavy atom. The molecule has 0 radical (unpaired) electrons. The fraction of sp³-hybridized carbons (Fsp3) is 0.455. The minimum atomic E-state index is -1.08. The minimum absolute atomic E-state index is 0.224. The Bertz CT molecular complexity index is 438. The van der Waals surface area contributed by atoms with Gasteiger partial charge in [-0.1, -0.05) is 0 Å². The van der Waals surface area contributed by atoms with Gasteiger partial charge in [-0.3, -0.25) is 0 Å². The lowest BCUT2D eigenvalue weighted by Crippen LogP contribution is -2.46. The van der Waals surface area contributed by atoms with E-state index in [1.165, 1.54) is 18.4 Å². The van der Waals surface area contributed by atoms with Gasteiger partial charge in [-0.2, -0.15) is 0 Å². The fourth-order valence-corrected chi connectivity index (χ4v) is 2.75. The summed E-state index contributed by atoms with van der Waals surface area (Å²) < 4.78 is 5.72. The van der Waals surface area contributed by atoms with Gasteiger partial charge in [0, 0.05) is 29.5 Å². The fourth-order valence-electron chi connectivity index (χ4n) is 1.31. The standard InChI is InChI=1S/C11H15BrN2O4S/c1-18-4-2-8(10(15)16)14-11(17)13-6-9-7(12)3-5-19-9/h3,5,8H,2,4,6H2,1H3,(H,15,16)(H2,13,14,17). The number of methoxy groups -OCH3 is 1. The van der Waals surface area contributed by atoms with Crippen molar-refractivity contribution in [2.75, 3.05) is 13.7 Å². The van der Waals surface area contributed by atoms with Crippen molar-refractivity contribution < 1.29 is 19.4 Å². The lowest BCUT2D eigenvalue weighted by molar-refractivity contribution is -0.139. The lowest BCUT2D eigenvalue weighted by atomic mass is 10.2. The Hall–Kier alpha value is -1.12.